The Hall–Kier alpha value is -1.87. The van der Waals surface area contributed by atoms with Crippen LogP contribution in [0.2, 0.25) is 0 Å². The van der Waals surface area contributed by atoms with Crippen molar-refractivity contribution in [1.29, 1.82) is 0 Å². The first-order valence-electron chi connectivity index (χ1n) is 10.6. The van der Waals surface area contributed by atoms with Crippen molar-refractivity contribution in [2.24, 2.45) is 0 Å². The van der Waals surface area contributed by atoms with E-state index in [-0.39, 0.29) is 29.2 Å². The lowest BCUT2D eigenvalue weighted by atomic mass is 9.95. The largest absolute Gasteiger partial charge is 0.308 e. The third-order valence-corrected chi connectivity index (χ3v) is 8.65. The fourth-order valence-electron chi connectivity index (χ4n) is 4.53. The normalized spacial score (nSPS) is 21.6. The molecule has 9 heteroatoms. The molecular formula is C21H28N4O3S2. The number of anilines is 1. The average molecular weight is 449 g/mol. The second-order valence-corrected chi connectivity index (χ2v) is 11.3. The first kappa shape index (κ1) is 21.4. The number of hydrogen-bond acceptors (Lipinski definition) is 6. The molecule has 1 aliphatic heterocycles. The van der Waals surface area contributed by atoms with Crippen LogP contribution in [0.4, 0.5) is 5.69 Å². The van der Waals surface area contributed by atoms with Crippen molar-refractivity contribution < 1.29 is 13.2 Å². The molecule has 1 saturated carbocycles. The van der Waals surface area contributed by atoms with Crippen molar-refractivity contribution >= 4 is 33.2 Å². The Morgan fingerprint density at radius 1 is 1.13 bits per heavy atom. The van der Waals surface area contributed by atoms with Crippen LogP contribution in [-0.4, -0.2) is 52.4 Å². The Kier molecular flexibility index (Phi) is 6.48. The molecule has 0 unspecified atom stereocenters. The quantitative estimate of drug-likeness (QED) is 0.630. The molecule has 4 rings (SSSR count). The van der Waals surface area contributed by atoms with E-state index in [4.69, 9.17) is 0 Å². The second-order valence-electron chi connectivity index (χ2n) is 8.14. The molecule has 1 saturated heterocycles. The maximum atomic E-state index is 13.3. The molecule has 30 heavy (non-hydrogen) atoms. The molecule has 0 radical (unpaired) electrons. The highest BCUT2D eigenvalue weighted by molar-refractivity contribution is 7.99. The first-order valence-corrected chi connectivity index (χ1v) is 13.4. The summed E-state index contributed by atoms with van der Waals surface area (Å²) in [5.41, 5.74) is 0.745. The van der Waals surface area contributed by atoms with Gasteiger partial charge in [-0.2, -0.15) is 0 Å². The molecule has 0 spiro atoms. The van der Waals surface area contributed by atoms with E-state index in [1.807, 2.05) is 37.3 Å². The van der Waals surface area contributed by atoms with Crippen molar-refractivity contribution in [1.82, 2.24) is 14.8 Å². The molecular weight excluding hydrogens is 420 g/mol. The zero-order chi connectivity index (χ0) is 21.1. The van der Waals surface area contributed by atoms with E-state index < -0.39 is 9.84 Å². The number of thioether (sulfide) groups is 1. The number of sulfone groups is 1. The Morgan fingerprint density at radius 3 is 2.53 bits per heavy atom. The van der Waals surface area contributed by atoms with Gasteiger partial charge in [-0.15, -0.1) is 10.2 Å². The number of benzene rings is 1. The van der Waals surface area contributed by atoms with Gasteiger partial charge in [0.1, 0.15) is 5.82 Å². The smallest absolute Gasteiger partial charge is 0.237 e. The van der Waals surface area contributed by atoms with Gasteiger partial charge in [0, 0.05) is 11.7 Å². The number of aromatic nitrogens is 3. The fourth-order valence-corrected chi connectivity index (χ4v) is 7.14. The van der Waals surface area contributed by atoms with Crippen LogP contribution in [0.1, 0.15) is 50.4 Å². The third-order valence-electron chi connectivity index (χ3n) is 5.98. The fraction of sp³-hybridized carbons (Fsp3) is 0.571. The van der Waals surface area contributed by atoms with E-state index in [1.54, 1.807) is 4.90 Å². The monoisotopic (exact) mass is 448 g/mol. The SMILES string of the molecule is Cc1nnc(SCC(=O)N(c2ccccc2)[C@H]2CCS(=O)(=O)C2)n1C1CCCCC1. The molecule has 1 amide bonds. The van der Waals surface area contributed by atoms with E-state index in [1.165, 1.54) is 31.0 Å². The predicted octanol–water partition coefficient (Wildman–Crippen LogP) is 3.40. The van der Waals surface area contributed by atoms with Crippen LogP contribution in [0, 0.1) is 6.92 Å². The summed E-state index contributed by atoms with van der Waals surface area (Å²) in [5, 5.41) is 9.36. The molecule has 1 aromatic heterocycles. The summed E-state index contributed by atoms with van der Waals surface area (Å²) in [5.74, 6) is 1.16. The topological polar surface area (TPSA) is 85.2 Å². The standard InChI is InChI=1S/C21H28N4O3S2/c1-16-22-23-21(24(16)17-8-4-2-5-9-17)29-14-20(26)25(18-10-6-3-7-11-18)19-12-13-30(27,28)15-19/h3,6-7,10-11,17,19H,2,4-5,8-9,12-15H2,1H3/t19-/m0/s1. The van der Waals surface area contributed by atoms with Crippen molar-refractivity contribution in [2.75, 3.05) is 22.2 Å². The van der Waals surface area contributed by atoms with Crippen LogP contribution in [0.5, 0.6) is 0 Å². The molecule has 1 atom stereocenters. The van der Waals surface area contributed by atoms with E-state index in [0.29, 0.717) is 12.5 Å². The summed E-state index contributed by atoms with van der Waals surface area (Å²) in [4.78, 5) is 14.9. The molecule has 2 aromatic rings. The Morgan fingerprint density at radius 2 is 1.87 bits per heavy atom. The summed E-state index contributed by atoms with van der Waals surface area (Å²) in [7, 11) is -3.09. The average Bonchev–Trinajstić information content (AvgIpc) is 3.29. The van der Waals surface area contributed by atoms with E-state index in [2.05, 4.69) is 14.8 Å². The highest BCUT2D eigenvalue weighted by atomic mass is 32.2. The number of carbonyl (C=O) groups excluding carboxylic acids is 1. The number of carbonyl (C=O) groups is 1. The Bertz CT molecular complexity index is 985. The molecule has 2 aliphatic rings. The lowest BCUT2D eigenvalue weighted by Gasteiger charge is -2.28. The number of para-hydroxylation sites is 1. The van der Waals surface area contributed by atoms with Gasteiger partial charge in [-0.25, -0.2) is 8.42 Å². The lowest BCUT2D eigenvalue weighted by Crippen LogP contribution is -2.42. The van der Waals surface area contributed by atoms with Gasteiger partial charge in [-0.05, 0) is 38.3 Å². The van der Waals surface area contributed by atoms with Gasteiger partial charge in [-0.1, -0.05) is 49.2 Å². The van der Waals surface area contributed by atoms with E-state index in [0.717, 1.165) is 29.5 Å². The number of aryl methyl sites for hydroxylation is 1. The molecule has 162 valence electrons. The van der Waals surface area contributed by atoms with E-state index in [9.17, 15) is 13.2 Å². The van der Waals surface area contributed by atoms with Gasteiger partial charge < -0.3 is 9.47 Å². The molecule has 1 aliphatic carbocycles. The van der Waals surface area contributed by atoms with Crippen LogP contribution in [0.3, 0.4) is 0 Å². The van der Waals surface area contributed by atoms with Crippen LogP contribution >= 0.6 is 11.8 Å². The van der Waals surface area contributed by atoms with E-state index >= 15 is 0 Å². The minimum absolute atomic E-state index is 0.0235. The summed E-state index contributed by atoms with van der Waals surface area (Å²) >= 11 is 1.40. The number of rotatable bonds is 6. The molecule has 0 bridgehead atoms. The predicted molar refractivity (Wildman–Crippen MR) is 119 cm³/mol. The van der Waals surface area contributed by atoms with Gasteiger partial charge >= 0.3 is 0 Å². The van der Waals surface area contributed by atoms with Crippen molar-refractivity contribution in [3.63, 3.8) is 0 Å². The van der Waals surface area contributed by atoms with Crippen molar-refractivity contribution in [3.05, 3.63) is 36.2 Å². The maximum Gasteiger partial charge on any atom is 0.237 e. The molecule has 1 aromatic carbocycles. The minimum atomic E-state index is -3.09. The van der Waals surface area contributed by atoms with Crippen LogP contribution in [-0.2, 0) is 14.6 Å². The second kappa shape index (κ2) is 9.09. The van der Waals surface area contributed by atoms with Gasteiger partial charge in [0.25, 0.3) is 0 Å². The van der Waals surface area contributed by atoms with Gasteiger partial charge in [-0.3, -0.25) is 4.79 Å². The molecule has 7 nitrogen and oxygen atoms in total. The van der Waals surface area contributed by atoms with Gasteiger partial charge in [0.05, 0.1) is 23.3 Å². The van der Waals surface area contributed by atoms with Crippen LogP contribution < -0.4 is 4.90 Å². The summed E-state index contributed by atoms with van der Waals surface area (Å²) in [6, 6.07) is 9.44. The Labute approximate surface area is 182 Å². The number of amides is 1. The lowest BCUT2D eigenvalue weighted by molar-refractivity contribution is -0.116. The summed E-state index contributed by atoms with van der Waals surface area (Å²) in [6.07, 6.45) is 6.42. The van der Waals surface area contributed by atoms with Crippen LogP contribution in [0.15, 0.2) is 35.5 Å². The van der Waals surface area contributed by atoms with Crippen molar-refractivity contribution in [3.8, 4) is 0 Å². The minimum Gasteiger partial charge on any atom is -0.308 e. The Balaban J connectivity index is 1.51. The zero-order valence-electron chi connectivity index (χ0n) is 17.2. The molecule has 2 heterocycles. The summed E-state index contributed by atoms with van der Waals surface area (Å²) in [6.45, 7) is 1.97. The van der Waals surface area contributed by atoms with Gasteiger partial charge in [0.2, 0.25) is 5.91 Å². The highest BCUT2D eigenvalue weighted by Crippen LogP contribution is 2.33. The highest BCUT2D eigenvalue weighted by Gasteiger charge is 2.35. The van der Waals surface area contributed by atoms with Crippen molar-refractivity contribution in [2.45, 2.75) is 62.7 Å². The van der Waals surface area contributed by atoms with Crippen LogP contribution in [0.25, 0.3) is 0 Å². The maximum absolute atomic E-state index is 13.3. The zero-order valence-corrected chi connectivity index (χ0v) is 18.9. The molecule has 0 N–H and O–H groups in total. The first-order chi connectivity index (χ1) is 14.4. The van der Waals surface area contributed by atoms with Gasteiger partial charge in [0.15, 0.2) is 15.0 Å². The number of hydrogen-bond donors (Lipinski definition) is 0. The summed E-state index contributed by atoms with van der Waals surface area (Å²) < 4.78 is 26.3. The number of nitrogens with zero attached hydrogens (tertiary/aromatic N) is 4. The third kappa shape index (κ3) is 4.72. The molecule has 2 fully saturated rings.